The molecule has 0 amide bonds. The minimum atomic E-state index is 0.328. The highest BCUT2D eigenvalue weighted by molar-refractivity contribution is 5.27. The predicted octanol–water partition coefficient (Wildman–Crippen LogP) is 4.00. The van der Waals surface area contributed by atoms with Crippen molar-refractivity contribution in [3.8, 4) is 0 Å². The average Bonchev–Trinajstić information content (AvgIpc) is 2.84. The van der Waals surface area contributed by atoms with Crippen LogP contribution >= 0.6 is 0 Å². The van der Waals surface area contributed by atoms with Crippen molar-refractivity contribution in [1.82, 2.24) is 15.3 Å². The van der Waals surface area contributed by atoms with Gasteiger partial charge in [-0.3, -0.25) is 0 Å². The van der Waals surface area contributed by atoms with Crippen LogP contribution in [-0.2, 0) is 6.42 Å². The van der Waals surface area contributed by atoms with Gasteiger partial charge in [0.2, 0.25) is 0 Å². The van der Waals surface area contributed by atoms with E-state index in [0.717, 1.165) is 24.7 Å². The smallest absolute Gasteiger partial charge is 0.131 e. The van der Waals surface area contributed by atoms with Crippen molar-refractivity contribution in [3.63, 3.8) is 0 Å². The average molecular weight is 287 g/mol. The molecule has 0 radical (unpaired) electrons. The summed E-state index contributed by atoms with van der Waals surface area (Å²) in [5.41, 5.74) is 2.96. The molecule has 3 nitrogen and oxygen atoms in total. The lowest BCUT2D eigenvalue weighted by molar-refractivity contribution is 0.254. The van der Waals surface area contributed by atoms with Crippen molar-refractivity contribution in [3.05, 3.63) is 23.3 Å². The Labute approximate surface area is 129 Å². The topological polar surface area (TPSA) is 37.8 Å². The normalized spacial score (nSPS) is 31.1. The van der Waals surface area contributed by atoms with Gasteiger partial charge in [0.1, 0.15) is 5.82 Å². The Hall–Kier alpha value is -0.960. The fraction of sp³-hybridized carbons (Fsp3) is 0.778. The van der Waals surface area contributed by atoms with E-state index in [9.17, 15) is 0 Å². The molecule has 116 valence electrons. The number of nitrogens with one attached hydrogen (secondary N) is 1. The van der Waals surface area contributed by atoms with Gasteiger partial charge in [-0.05, 0) is 50.0 Å². The van der Waals surface area contributed by atoms with Crippen molar-refractivity contribution in [1.29, 1.82) is 0 Å². The number of nitrogens with zero attached hydrogens (tertiary/aromatic N) is 2. The SMILES string of the molecule is CCNC1CC(C)(C)Cc2nc(C3CCC(C)C3)ncc21. The summed E-state index contributed by atoms with van der Waals surface area (Å²) in [6.07, 6.45) is 8.23. The summed E-state index contributed by atoms with van der Waals surface area (Å²) in [4.78, 5) is 9.74. The van der Waals surface area contributed by atoms with Crippen LogP contribution in [0.5, 0.6) is 0 Å². The van der Waals surface area contributed by atoms with Gasteiger partial charge >= 0.3 is 0 Å². The highest BCUT2D eigenvalue weighted by atomic mass is 15.0. The minimum Gasteiger partial charge on any atom is -0.310 e. The van der Waals surface area contributed by atoms with Crippen LogP contribution in [0.3, 0.4) is 0 Å². The van der Waals surface area contributed by atoms with E-state index in [2.05, 4.69) is 39.2 Å². The fourth-order valence-corrected chi connectivity index (χ4v) is 4.13. The molecular weight excluding hydrogens is 258 g/mol. The monoisotopic (exact) mass is 287 g/mol. The van der Waals surface area contributed by atoms with E-state index in [-0.39, 0.29) is 0 Å². The molecule has 1 N–H and O–H groups in total. The molecule has 0 aliphatic heterocycles. The van der Waals surface area contributed by atoms with Crippen molar-refractivity contribution >= 4 is 0 Å². The van der Waals surface area contributed by atoms with Gasteiger partial charge in [-0.1, -0.05) is 27.7 Å². The molecule has 1 aromatic heterocycles. The molecule has 3 rings (SSSR count). The first kappa shape index (κ1) is 15.0. The van der Waals surface area contributed by atoms with Crippen molar-refractivity contribution in [2.75, 3.05) is 6.54 Å². The van der Waals surface area contributed by atoms with Gasteiger partial charge in [0.15, 0.2) is 0 Å². The molecule has 0 spiro atoms. The third-order valence-electron chi connectivity index (χ3n) is 5.21. The zero-order valence-corrected chi connectivity index (χ0v) is 13.9. The molecule has 0 bridgehead atoms. The highest BCUT2D eigenvalue weighted by Gasteiger charge is 2.34. The minimum absolute atomic E-state index is 0.328. The first-order valence-corrected chi connectivity index (χ1v) is 8.57. The van der Waals surface area contributed by atoms with Crippen molar-refractivity contribution < 1.29 is 0 Å². The van der Waals surface area contributed by atoms with E-state index < -0.39 is 0 Å². The Morgan fingerprint density at radius 3 is 2.81 bits per heavy atom. The van der Waals surface area contributed by atoms with Gasteiger partial charge < -0.3 is 5.32 Å². The summed E-state index contributed by atoms with van der Waals surface area (Å²) in [6.45, 7) is 10.3. The molecule has 21 heavy (non-hydrogen) atoms. The standard InChI is InChI=1S/C18H29N3/c1-5-19-15-9-18(3,4)10-16-14(15)11-20-17(21-16)13-7-6-12(2)8-13/h11-13,15,19H,5-10H2,1-4H3. The van der Waals surface area contributed by atoms with Gasteiger partial charge in [-0.2, -0.15) is 0 Å². The van der Waals surface area contributed by atoms with Crippen LogP contribution in [0.4, 0.5) is 0 Å². The molecule has 2 aliphatic rings. The Balaban J connectivity index is 1.90. The number of hydrogen-bond donors (Lipinski definition) is 1. The van der Waals surface area contributed by atoms with E-state index in [1.165, 1.54) is 36.9 Å². The lowest BCUT2D eigenvalue weighted by Crippen LogP contribution is -2.34. The zero-order chi connectivity index (χ0) is 15.0. The summed E-state index contributed by atoms with van der Waals surface area (Å²) in [7, 11) is 0. The number of rotatable bonds is 3. The van der Waals surface area contributed by atoms with E-state index in [0.29, 0.717) is 17.4 Å². The maximum Gasteiger partial charge on any atom is 0.131 e. The van der Waals surface area contributed by atoms with Crippen molar-refractivity contribution in [2.45, 2.75) is 71.8 Å². The van der Waals surface area contributed by atoms with Gasteiger partial charge in [0.25, 0.3) is 0 Å². The predicted molar refractivity (Wildman–Crippen MR) is 86.3 cm³/mol. The Kier molecular flexibility index (Phi) is 4.04. The van der Waals surface area contributed by atoms with Crippen LogP contribution < -0.4 is 5.32 Å². The first-order chi connectivity index (χ1) is 9.98. The van der Waals surface area contributed by atoms with E-state index in [1.54, 1.807) is 0 Å². The van der Waals surface area contributed by atoms with E-state index in [1.807, 2.05) is 0 Å². The number of hydrogen-bond acceptors (Lipinski definition) is 3. The zero-order valence-electron chi connectivity index (χ0n) is 13.9. The summed E-state index contributed by atoms with van der Waals surface area (Å²) in [5.74, 6) is 2.53. The summed E-state index contributed by atoms with van der Waals surface area (Å²) < 4.78 is 0. The molecule has 1 fully saturated rings. The number of aromatic nitrogens is 2. The van der Waals surface area contributed by atoms with Crippen LogP contribution in [-0.4, -0.2) is 16.5 Å². The van der Waals surface area contributed by atoms with Crippen LogP contribution in [0.15, 0.2) is 6.20 Å². The third kappa shape index (κ3) is 3.13. The Morgan fingerprint density at radius 2 is 2.14 bits per heavy atom. The Bertz CT molecular complexity index is 509. The molecule has 0 aromatic carbocycles. The highest BCUT2D eigenvalue weighted by Crippen LogP contribution is 2.41. The molecule has 1 aromatic rings. The van der Waals surface area contributed by atoms with Crippen LogP contribution in [0.2, 0.25) is 0 Å². The van der Waals surface area contributed by atoms with Crippen LogP contribution in [0.1, 0.15) is 82.4 Å². The lowest BCUT2D eigenvalue weighted by atomic mass is 9.74. The van der Waals surface area contributed by atoms with Crippen LogP contribution in [0, 0.1) is 11.3 Å². The molecule has 1 saturated carbocycles. The lowest BCUT2D eigenvalue weighted by Gasteiger charge is -2.36. The largest absolute Gasteiger partial charge is 0.310 e. The summed E-state index contributed by atoms with van der Waals surface area (Å²) in [5, 5.41) is 3.61. The molecule has 3 unspecified atom stereocenters. The number of fused-ring (bicyclic) bond motifs is 1. The second-order valence-electron chi connectivity index (χ2n) is 7.90. The second kappa shape index (κ2) is 5.68. The van der Waals surface area contributed by atoms with Gasteiger partial charge in [0, 0.05) is 29.4 Å². The third-order valence-corrected chi connectivity index (χ3v) is 5.21. The maximum atomic E-state index is 5.01. The molecule has 3 heteroatoms. The molecule has 3 atom stereocenters. The van der Waals surface area contributed by atoms with E-state index in [4.69, 9.17) is 9.97 Å². The molecule has 0 saturated heterocycles. The summed E-state index contributed by atoms with van der Waals surface area (Å²) in [6, 6.07) is 0.422. The maximum absolute atomic E-state index is 5.01. The molecule has 2 aliphatic carbocycles. The van der Waals surface area contributed by atoms with Gasteiger partial charge in [-0.15, -0.1) is 0 Å². The van der Waals surface area contributed by atoms with E-state index >= 15 is 0 Å². The summed E-state index contributed by atoms with van der Waals surface area (Å²) >= 11 is 0. The molecular formula is C18H29N3. The fourth-order valence-electron chi connectivity index (χ4n) is 4.13. The van der Waals surface area contributed by atoms with Crippen molar-refractivity contribution in [2.24, 2.45) is 11.3 Å². The molecule has 1 heterocycles. The van der Waals surface area contributed by atoms with Crippen LogP contribution in [0.25, 0.3) is 0 Å². The van der Waals surface area contributed by atoms with Gasteiger partial charge in [-0.25, -0.2) is 9.97 Å². The van der Waals surface area contributed by atoms with Gasteiger partial charge in [0.05, 0.1) is 0 Å². The second-order valence-corrected chi connectivity index (χ2v) is 7.90. The quantitative estimate of drug-likeness (QED) is 0.913. The first-order valence-electron chi connectivity index (χ1n) is 8.57. The Morgan fingerprint density at radius 1 is 1.33 bits per heavy atom.